The zero-order chi connectivity index (χ0) is 21.4. The molecule has 29 heavy (non-hydrogen) atoms. The molecule has 1 aromatic heterocycles. The summed E-state index contributed by atoms with van der Waals surface area (Å²) in [6.07, 6.45) is 1.75. The van der Waals surface area contributed by atoms with Gasteiger partial charge in [-0.05, 0) is 31.9 Å². The summed E-state index contributed by atoms with van der Waals surface area (Å²) >= 11 is 0. The van der Waals surface area contributed by atoms with Crippen LogP contribution in [0.1, 0.15) is 35.6 Å². The summed E-state index contributed by atoms with van der Waals surface area (Å²) in [5.74, 6) is -0.301. The van der Waals surface area contributed by atoms with Crippen molar-refractivity contribution in [3.63, 3.8) is 0 Å². The predicted octanol–water partition coefficient (Wildman–Crippen LogP) is 1.11. The number of alkyl halides is 2. The van der Waals surface area contributed by atoms with Crippen LogP contribution in [0.15, 0.2) is 12.1 Å². The summed E-state index contributed by atoms with van der Waals surface area (Å²) in [4.78, 5) is 27.4. The standard InChI is InChI=1S/C18H28F2N4O2.CH2O2/c1-14-2-3-16(24(14)18(19)20)17(26)23-6-4-15(5-7-23)22-10-8-21(9-11-22)12-13-25;2-1-3/h2-3,15,18,25H,4-13H2,1H3;1H,(H,2,3). The molecule has 2 fully saturated rings. The van der Waals surface area contributed by atoms with Crippen molar-refractivity contribution in [1.29, 1.82) is 0 Å². The van der Waals surface area contributed by atoms with Crippen LogP contribution in [0.3, 0.4) is 0 Å². The first-order chi connectivity index (χ1) is 13.9. The van der Waals surface area contributed by atoms with E-state index in [2.05, 4.69) is 9.80 Å². The molecule has 10 heteroatoms. The van der Waals surface area contributed by atoms with E-state index in [0.29, 0.717) is 24.8 Å². The number of aliphatic hydroxyl groups is 1. The van der Waals surface area contributed by atoms with E-state index in [-0.39, 0.29) is 24.7 Å². The topological polar surface area (TPSA) is 89.3 Å². The van der Waals surface area contributed by atoms with Gasteiger partial charge in [-0.3, -0.25) is 24.0 Å². The van der Waals surface area contributed by atoms with Crippen molar-refractivity contribution < 1.29 is 28.6 Å². The minimum Gasteiger partial charge on any atom is -0.483 e. The highest BCUT2D eigenvalue weighted by atomic mass is 19.3. The normalized spacial score (nSPS) is 19.1. The van der Waals surface area contributed by atoms with Crippen LogP contribution in [0.4, 0.5) is 8.78 Å². The van der Waals surface area contributed by atoms with Gasteiger partial charge < -0.3 is 15.1 Å². The SMILES string of the molecule is Cc1ccc(C(=O)N2CCC(N3CCN(CCO)CC3)CC2)n1C(F)F.O=CO. The van der Waals surface area contributed by atoms with Crippen LogP contribution in [0, 0.1) is 6.92 Å². The second-order valence-corrected chi connectivity index (χ2v) is 7.24. The highest BCUT2D eigenvalue weighted by molar-refractivity contribution is 5.93. The number of carbonyl (C=O) groups is 2. The Balaban J connectivity index is 0.000000941. The molecule has 164 valence electrons. The van der Waals surface area contributed by atoms with Gasteiger partial charge in [-0.25, -0.2) is 0 Å². The average Bonchev–Trinajstić information content (AvgIpc) is 3.11. The number of nitrogens with zero attached hydrogens (tertiary/aromatic N) is 4. The van der Waals surface area contributed by atoms with E-state index in [1.165, 1.54) is 6.07 Å². The minimum atomic E-state index is -2.70. The summed E-state index contributed by atoms with van der Waals surface area (Å²) in [5, 5.41) is 15.9. The second kappa shape index (κ2) is 11.2. The van der Waals surface area contributed by atoms with Crippen molar-refractivity contribution in [1.82, 2.24) is 19.3 Å². The van der Waals surface area contributed by atoms with Crippen molar-refractivity contribution in [3.05, 3.63) is 23.5 Å². The van der Waals surface area contributed by atoms with Gasteiger partial charge in [-0.1, -0.05) is 0 Å². The number of halogens is 2. The lowest BCUT2D eigenvalue weighted by atomic mass is 10.0. The number of hydrogen-bond donors (Lipinski definition) is 2. The largest absolute Gasteiger partial charge is 0.483 e. The van der Waals surface area contributed by atoms with E-state index in [1.54, 1.807) is 17.9 Å². The van der Waals surface area contributed by atoms with Crippen molar-refractivity contribution in [2.24, 2.45) is 0 Å². The van der Waals surface area contributed by atoms with E-state index in [9.17, 15) is 13.6 Å². The van der Waals surface area contributed by atoms with Gasteiger partial charge in [-0.15, -0.1) is 0 Å². The number of hydrogen-bond acceptors (Lipinski definition) is 5. The Kier molecular flexibility index (Phi) is 8.99. The van der Waals surface area contributed by atoms with Gasteiger partial charge in [0.05, 0.1) is 6.61 Å². The van der Waals surface area contributed by atoms with Gasteiger partial charge in [0.25, 0.3) is 12.4 Å². The monoisotopic (exact) mass is 416 g/mol. The van der Waals surface area contributed by atoms with Crippen LogP contribution in [-0.2, 0) is 4.79 Å². The van der Waals surface area contributed by atoms with Crippen molar-refractivity contribution in [3.8, 4) is 0 Å². The smallest absolute Gasteiger partial charge is 0.319 e. The summed E-state index contributed by atoms with van der Waals surface area (Å²) in [7, 11) is 0. The third-order valence-corrected chi connectivity index (χ3v) is 5.63. The molecular weight excluding hydrogens is 386 g/mol. The number of amides is 1. The maximum Gasteiger partial charge on any atom is 0.319 e. The van der Waals surface area contributed by atoms with E-state index in [0.717, 1.165) is 50.1 Å². The molecule has 0 radical (unpaired) electrons. The van der Waals surface area contributed by atoms with Gasteiger partial charge in [-0.2, -0.15) is 8.78 Å². The number of piperazine rings is 1. The molecule has 0 aromatic carbocycles. The summed E-state index contributed by atoms with van der Waals surface area (Å²) in [6, 6.07) is 3.51. The molecule has 0 saturated carbocycles. The van der Waals surface area contributed by atoms with Crippen LogP contribution < -0.4 is 0 Å². The first-order valence-electron chi connectivity index (χ1n) is 9.83. The molecule has 0 bridgehead atoms. The van der Waals surface area contributed by atoms with E-state index in [4.69, 9.17) is 15.0 Å². The highest BCUT2D eigenvalue weighted by Gasteiger charge is 2.31. The Morgan fingerprint density at radius 2 is 1.76 bits per heavy atom. The molecule has 2 N–H and O–H groups in total. The van der Waals surface area contributed by atoms with Crippen LogP contribution >= 0.6 is 0 Å². The lowest BCUT2D eigenvalue weighted by Crippen LogP contribution is -2.54. The molecule has 0 atom stereocenters. The molecule has 2 aliphatic rings. The maximum atomic E-state index is 13.2. The number of rotatable bonds is 5. The number of piperidine rings is 1. The Morgan fingerprint density at radius 3 is 2.28 bits per heavy atom. The molecule has 1 aromatic rings. The fraction of sp³-hybridized carbons (Fsp3) is 0.684. The molecule has 1 amide bonds. The molecule has 3 heterocycles. The molecule has 0 unspecified atom stereocenters. The second-order valence-electron chi connectivity index (χ2n) is 7.24. The molecule has 0 spiro atoms. The molecule has 2 aliphatic heterocycles. The van der Waals surface area contributed by atoms with Crippen LogP contribution in [0.25, 0.3) is 0 Å². The summed E-state index contributed by atoms with van der Waals surface area (Å²) in [5.41, 5.74) is 0.479. The van der Waals surface area contributed by atoms with Gasteiger partial charge >= 0.3 is 6.55 Å². The van der Waals surface area contributed by atoms with E-state index < -0.39 is 6.55 Å². The van der Waals surface area contributed by atoms with Gasteiger partial charge in [0.15, 0.2) is 0 Å². The Labute approximate surface area is 169 Å². The number of β-amino-alcohol motifs (C(OH)–C–C–N with tert-alkyl or cyclic N) is 1. The molecule has 2 saturated heterocycles. The Bertz CT molecular complexity index is 655. The van der Waals surface area contributed by atoms with Gasteiger partial charge in [0, 0.05) is 57.5 Å². The number of carbonyl (C=O) groups excluding carboxylic acids is 1. The summed E-state index contributed by atoms with van der Waals surface area (Å²) in [6.45, 7) is 4.65. The Hall–Kier alpha value is -2.04. The number of aliphatic hydroxyl groups excluding tert-OH is 1. The molecule has 0 aliphatic carbocycles. The number of carboxylic acid groups (broad SMARTS) is 1. The van der Waals surface area contributed by atoms with Gasteiger partial charge in [0.1, 0.15) is 5.69 Å². The maximum absolute atomic E-state index is 13.2. The first kappa shape index (κ1) is 23.2. The average molecular weight is 416 g/mol. The fourth-order valence-electron chi connectivity index (χ4n) is 4.07. The first-order valence-corrected chi connectivity index (χ1v) is 9.83. The minimum absolute atomic E-state index is 0.0774. The molecule has 3 rings (SSSR count). The van der Waals surface area contributed by atoms with Crippen LogP contribution in [0.5, 0.6) is 0 Å². The van der Waals surface area contributed by atoms with Crippen molar-refractivity contribution in [2.75, 3.05) is 52.4 Å². The van der Waals surface area contributed by atoms with Crippen LogP contribution in [-0.4, -0.2) is 100 Å². The van der Waals surface area contributed by atoms with E-state index in [1.807, 2.05) is 0 Å². The Morgan fingerprint density at radius 1 is 1.17 bits per heavy atom. The highest BCUT2D eigenvalue weighted by Crippen LogP contribution is 2.23. The van der Waals surface area contributed by atoms with Crippen molar-refractivity contribution in [2.45, 2.75) is 32.4 Å². The number of aryl methyl sites for hydroxylation is 1. The number of likely N-dealkylation sites (tertiary alicyclic amines) is 1. The predicted molar refractivity (Wildman–Crippen MR) is 103 cm³/mol. The van der Waals surface area contributed by atoms with Crippen LogP contribution in [0.2, 0.25) is 0 Å². The third kappa shape index (κ3) is 5.97. The zero-order valence-corrected chi connectivity index (χ0v) is 16.7. The quantitative estimate of drug-likeness (QED) is 0.699. The zero-order valence-electron chi connectivity index (χ0n) is 16.7. The van der Waals surface area contributed by atoms with Crippen molar-refractivity contribution >= 4 is 12.4 Å². The fourth-order valence-corrected chi connectivity index (χ4v) is 4.07. The third-order valence-electron chi connectivity index (χ3n) is 5.63. The summed E-state index contributed by atoms with van der Waals surface area (Å²) < 4.78 is 27.2. The van der Waals surface area contributed by atoms with Gasteiger partial charge in [0.2, 0.25) is 0 Å². The lowest BCUT2D eigenvalue weighted by molar-refractivity contribution is -0.122. The lowest BCUT2D eigenvalue weighted by Gasteiger charge is -2.42. The molecule has 8 nitrogen and oxygen atoms in total. The molecular formula is C19H30F2N4O4. The number of aromatic nitrogens is 1. The van der Waals surface area contributed by atoms with E-state index >= 15 is 0 Å².